The molecule has 1 heterocycles. The number of anilines is 2. The molecule has 112 valence electrons. The highest BCUT2D eigenvalue weighted by molar-refractivity contribution is 5.80. The molecule has 0 aliphatic carbocycles. The van der Waals surface area contributed by atoms with E-state index >= 15 is 0 Å². The van der Waals surface area contributed by atoms with Crippen LogP contribution >= 0.6 is 0 Å². The van der Waals surface area contributed by atoms with E-state index in [1.165, 1.54) is 0 Å². The average Bonchev–Trinajstić information content (AvgIpc) is 2.45. The SMILES string of the molecule is CCCNc1ncc(F)c(N(CCC)CC(=O)NC)n1. The number of rotatable bonds is 8. The predicted octanol–water partition coefficient (Wildman–Crippen LogP) is 1.40. The number of nitrogens with zero attached hydrogens (tertiary/aromatic N) is 3. The monoisotopic (exact) mass is 283 g/mol. The van der Waals surface area contributed by atoms with E-state index in [2.05, 4.69) is 20.6 Å². The van der Waals surface area contributed by atoms with Gasteiger partial charge in [-0.25, -0.2) is 9.37 Å². The zero-order valence-electron chi connectivity index (χ0n) is 12.2. The lowest BCUT2D eigenvalue weighted by Gasteiger charge is -2.22. The molecule has 0 radical (unpaired) electrons. The van der Waals surface area contributed by atoms with Gasteiger partial charge in [-0.3, -0.25) is 4.79 Å². The maximum Gasteiger partial charge on any atom is 0.239 e. The molecule has 1 aromatic heterocycles. The lowest BCUT2D eigenvalue weighted by molar-refractivity contribution is -0.119. The second kappa shape index (κ2) is 8.29. The van der Waals surface area contributed by atoms with E-state index in [4.69, 9.17) is 0 Å². The molecule has 0 aromatic carbocycles. The molecule has 0 atom stereocenters. The van der Waals surface area contributed by atoms with Crippen molar-refractivity contribution in [1.29, 1.82) is 0 Å². The van der Waals surface area contributed by atoms with E-state index in [0.29, 0.717) is 19.0 Å². The Balaban J connectivity index is 2.95. The van der Waals surface area contributed by atoms with Gasteiger partial charge in [-0.15, -0.1) is 0 Å². The molecule has 0 fully saturated rings. The lowest BCUT2D eigenvalue weighted by Crippen LogP contribution is -2.37. The smallest absolute Gasteiger partial charge is 0.239 e. The maximum absolute atomic E-state index is 13.9. The summed E-state index contributed by atoms with van der Waals surface area (Å²) in [6, 6.07) is 0. The fraction of sp³-hybridized carbons (Fsp3) is 0.615. The van der Waals surface area contributed by atoms with Gasteiger partial charge in [0.25, 0.3) is 0 Å². The maximum atomic E-state index is 13.9. The van der Waals surface area contributed by atoms with Crippen molar-refractivity contribution in [2.24, 2.45) is 0 Å². The summed E-state index contributed by atoms with van der Waals surface area (Å²) < 4.78 is 13.9. The van der Waals surface area contributed by atoms with Crippen LogP contribution in [0.4, 0.5) is 16.2 Å². The van der Waals surface area contributed by atoms with Crippen molar-refractivity contribution in [3.63, 3.8) is 0 Å². The van der Waals surface area contributed by atoms with Gasteiger partial charge in [-0.1, -0.05) is 13.8 Å². The molecule has 1 aromatic rings. The van der Waals surface area contributed by atoms with Gasteiger partial charge in [0, 0.05) is 20.1 Å². The summed E-state index contributed by atoms with van der Waals surface area (Å²) in [4.78, 5) is 21.2. The summed E-state index contributed by atoms with van der Waals surface area (Å²) in [6.07, 6.45) is 2.85. The molecule has 0 bridgehead atoms. The second-order valence-electron chi connectivity index (χ2n) is 4.39. The molecule has 7 heteroatoms. The molecule has 0 aliphatic heterocycles. The first-order chi connectivity index (χ1) is 9.62. The minimum Gasteiger partial charge on any atom is -0.358 e. The lowest BCUT2D eigenvalue weighted by atomic mass is 10.3. The van der Waals surface area contributed by atoms with Crippen LogP contribution in [0.3, 0.4) is 0 Å². The topological polar surface area (TPSA) is 70.2 Å². The van der Waals surface area contributed by atoms with Crippen LogP contribution in [-0.2, 0) is 4.79 Å². The van der Waals surface area contributed by atoms with Crippen LogP contribution in [0.1, 0.15) is 26.7 Å². The Morgan fingerprint density at radius 3 is 2.75 bits per heavy atom. The molecule has 6 nitrogen and oxygen atoms in total. The van der Waals surface area contributed by atoms with Crippen LogP contribution in [0.5, 0.6) is 0 Å². The fourth-order valence-corrected chi connectivity index (χ4v) is 1.68. The number of hydrogen-bond acceptors (Lipinski definition) is 5. The first kappa shape index (κ1) is 16.1. The van der Waals surface area contributed by atoms with Crippen molar-refractivity contribution in [3.8, 4) is 0 Å². The Morgan fingerprint density at radius 2 is 2.15 bits per heavy atom. The van der Waals surface area contributed by atoms with E-state index in [9.17, 15) is 9.18 Å². The van der Waals surface area contributed by atoms with Crippen LogP contribution in [-0.4, -0.2) is 42.6 Å². The number of hydrogen-bond donors (Lipinski definition) is 2. The van der Waals surface area contributed by atoms with E-state index in [0.717, 1.165) is 19.0 Å². The Bertz CT molecular complexity index is 441. The number of nitrogens with one attached hydrogen (secondary N) is 2. The van der Waals surface area contributed by atoms with Gasteiger partial charge in [0.15, 0.2) is 11.6 Å². The van der Waals surface area contributed by atoms with E-state index in [1.807, 2.05) is 13.8 Å². The number of likely N-dealkylation sites (N-methyl/N-ethyl adjacent to an activating group) is 1. The molecular weight excluding hydrogens is 261 g/mol. The number of carbonyl (C=O) groups is 1. The standard InChI is InChI=1S/C13H22FN5O/c1-4-6-16-13-17-8-10(14)12(18-13)19(7-5-2)9-11(20)15-3/h8H,4-7,9H2,1-3H3,(H,15,20)(H,16,17,18). The second-order valence-corrected chi connectivity index (χ2v) is 4.39. The van der Waals surface area contributed by atoms with Crippen molar-refractivity contribution in [3.05, 3.63) is 12.0 Å². The Labute approximate surface area is 118 Å². The number of amides is 1. The van der Waals surface area contributed by atoms with Gasteiger partial charge in [-0.05, 0) is 12.8 Å². The van der Waals surface area contributed by atoms with E-state index < -0.39 is 5.82 Å². The van der Waals surface area contributed by atoms with Gasteiger partial charge >= 0.3 is 0 Å². The third kappa shape index (κ3) is 4.64. The molecule has 20 heavy (non-hydrogen) atoms. The van der Waals surface area contributed by atoms with Gasteiger partial charge in [0.05, 0.1) is 12.7 Å². The summed E-state index contributed by atoms with van der Waals surface area (Å²) in [6.45, 7) is 5.33. The van der Waals surface area contributed by atoms with Crippen molar-refractivity contribution in [2.75, 3.05) is 36.9 Å². The summed E-state index contributed by atoms with van der Waals surface area (Å²) in [7, 11) is 1.55. The summed E-state index contributed by atoms with van der Waals surface area (Å²) in [5.74, 6) is -0.172. The van der Waals surface area contributed by atoms with Crippen LogP contribution in [0.2, 0.25) is 0 Å². The molecule has 0 saturated carbocycles. The molecule has 1 rings (SSSR count). The molecule has 0 aliphatic rings. The molecule has 0 saturated heterocycles. The van der Waals surface area contributed by atoms with E-state index in [1.54, 1.807) is 11.9 Å². The minimum absolute atomic E-state index is 0.0749. The third-order valence-corrected chi connectivity index (χ3v) is 2.67. The predicted molar refractivity (Wildman–Crippen MR) is 77.3 cm³/mol. The summed E-state index contributed by atoms with van der Waals surface area (Å²) >= 11 is 0. The van der Waals surface area contributed by atoms with Crippen LogP contribution in [0.15, 0.2) is 6.20 Å². The Hall–Kier alpha value is -1.92. The zero-order chi connectivity index (χ0) is 15.0. The average molecular weight is 283 g/mol. The van der Waals surface area contributed by atoms with Crippen molar-refractivity contribution < 1.29 is 9.18 Å². The number of halogens is 1. The van der Waals surface area contributed by atoms with Crippen LogP contribution in [0, 0.1) is 5.82 Å². The van der Waals surface area contributed by atoms with Crippen LogP contribution < -0.4 is 15.5 Å². The first-order valence-corrected chi connectivity index (χ1v) is 6.84. The quantitative estimate of drug-likeness (QED) is 0.754. The highest BCUT2D eigenvalue weighted by Gasteiger charge is 2.16. The molecule has 0 unspecified atom stereocenters. The summed E-state index contributed by atoms with van der Waals surface area (Å²) in [5, 5.41) is 5.54. The van der Waals surface area contributed by atoms with Gasteiger partial charge in [-0.2, -0.15) is 4.98 Å². The van der Waals surface area contributed by atoms with E-state index in [-0.39, 0.29) is 18.3 Å². The molecular formula is C13H22FN5O. The summed E-state index contributed by atoms with van der Waals surface area (Å²) in [5.41, 5.74) is 0. The number of carbonyl (C=O) groups excluding carboxylic acids is 1. The van der Waals surface area contributed by atoms with Gasteiger partial charge < -0.3 is 15.5 Å². The molecule has 0 spiro atoms. The van der Waals surface area contributed by atoms with Crippen molar-refractivity contribution >= 4 is 17.7 Å². The molecule has 2 N–H and O–H groups in total. The molecule has 1 amide bonds. The van der Waals surface area contributed by atoms with Gasteiger partial charge in [0.1, 0.15) is 0 Å². The van der Waals surface area contributed by atoms with Crippen LogP contribution in [0.25, 0.3) is 0 Å². The van der Waals surface area contributed by atoms with Gasteiger partial charge in [0.2, 0.25) is 11.9 Å². The largest absolute Gasteiger partial charge is 0.358 e. The zero-order valence-corrected chi connectivity index (χ0v) is 12.2. The van der Waals surface area contributed by atoms with Crippen molar-refractivity contribution in [1.82, 2.24) is 15.3 Å². The Morgan fingerprint density at radius 1 is 1.40 bits per heavy atom. The third-order valence-electron chi connectivity index (χ3n) is 2.67. The highest BCUT2D eigenvalue weighted by atomic mass is 19.1. The minimum atomic E-state index is -0.524. The number of aromatic nitrogens is 2. The first-order valence-electron chi connectivity index (χ1n) is 6.84. The van der Waals surface area contributed by atoms with Crippen molar-refractivity contribution in [2.45, 2.75) is 26.7 Å². The Kier molecular flexibility index (Phi) is 6.69. The highest BCUT2D eigenvalue weighted by Crippen LogP contribution is 2.17. The normalized spacial score (nSPS) is 10.2. The fourth-order valence-electron chi connectivity index (χ4n) is 1.68.